The Labute approximate surface area is 582 Å². The second kappa shape index (κ2) is 33.4. The Morgan fingerprint density at radius 3 is 2.32 bits per heavy atom. The molecule has 0 spiro atoms. The molecule has 534 valence electrons. The average molecular weight is 1400 g/mol. The van der Waals surface area contributed by atoms with Crippen LogP contribution in [-0.2, 0) is 40.1 Å². The van der Waals surface area contributed by atoms with Gasteiger partial charge in [-0.1, -0.05) is 62.4 Å². The van der Waals surface area contributed by atoms with Gasteiger partial charge in [0.2, 0.25) is 29.5 Å². The van der Waals surface area contributed by atoms with Crippen LogP contribution in [0, 0.1) is 12.8 Å². The van der Waals surface area contributed by atoms with E-state index in [2.05, 4.69) is 61.6 Å². The molecule has 0 bridgehead atoms. The Balaban J connectivity index is 0.721. The van der Waals surface area contributed by atoms with Crippen molar-refractivity contribution in [1.82, 2.24) is 56.3 Å². The molecule has 0 radical (unpaired) electrons. The number of urea groups is 1. The molecule has 31 heteroatoms. The first-order valence-corrected chi connectivity index (χ1v) is 34.6. The number of carbonyl (C=O) groups excluding carboxylic acids is 7. The Hall–Kier alpha value is -9.82. The van der Waals surface area contributed by atoms with Gasteiger partial charge in [0.25, 0.3) is 5.88 Å². The number of anilines is 3. The van der Waals surface area contributed by atoms with Gasteiger partial charge in [0.15, 0.2) is 11.6 Å². The molecule has 30 nitrogen and oxygen atoms in total. The molecule has 4 aliphatic rings. The maximum atomic E-state index is 14.5. The lowest BCUT2D eigenvalue weighted by Gasteiger charge is -2.53. The molecule has 3 aromatic heterocycles. The van der Waals surface area contributed by atoms with E-state index in [0.717, 1.165) is 54.2 Å². The van der Waals surface area contributed by atoms with E-state index in [0.29, 0.717) is 66.0 Å². The number of fused-ring (bicyclic) bond motifs is 3. The fourth-order valence-electron chi connectivity index (χ4n) is 13.3. The van der Waals surface area contributed by atoms with Crippen molar-refractivity contribution in [2.24, 2.45) is 17.4 Å². The van der Waals surface area contributed by atoms with E-state index in [1.165, 1.54) is 9.80 Å². The number of amides is 8. The zero-order valence-corrected chi connectivity index (χ0v) is 57.4. The molecule has 0 aliphatic carbocycles. The number of aryl methyl sites for hydroxylation is 1. The first-order valence-electron chi connectivity index (χ1n) is 33.7. The molecule has 0 saturated carbocycles. The molecule has 8 amide bonds. The number of phenolic OH excluding ortho intramolecular Hbond substituents is 1. The van der Waals surface area contributed by atoms with Gasteiger partial charge >= 0.3 is 18.1 Å². The number of aromatic hydroxyl groups is 1. The molecule has 6 aromatic rings. The number of piperidine rings is 1. The number of hydrogen-bond acceptors (Lipinski definition) is 22. The number of benzene rings is 3. The van der Waals surface area contributed by atoms with Gasteiger partial charge in [-0.25, -0.2) is 14.6 Å². The number of hydrogen-bond donors (Lipinski definition) is 10. The van der Waals surface area contributed by atoms with Gasteiger partial charge < -0.3 is 77.2 Å². The Bertz CT molecular complexity index is 3870. The quantitative estimate of drug-likeness (QED) is 0.0300. The van der Waals surface area contributed by atoms with Crippen LogP contribution >= 0.6 is 11.3 Å². The van der Waals surface area contributed by atoms with Crippen molar-refractivity contribution in [3.8, 4) is 33.3 Å². The van der Waals surface area contributed by atoms with E-state index in [1.807, 2.05) is 70.5 Å². The molecule has 10 rings (SSSR count). The number of thiazole rings is 1. The minimum absolute atomic E-state index is 0.00496. The molecule has 3 saturated heterocycles. The molecule has 12 N–H and O–H groups in total. The zero-order valence-electron chi connectivity index (χ0n) is 56.6. The third-order valence-corrected chi connectivity index (χ3v) is 19.8. The van der Waals surface area contributed by atoms with Crippen molar-refractivity contribution in [3.05, 3.63) is 113 Å². The number of primary amides is 1. The number of likely N-dealkylation sites (tertiary alicyclic amines) is 2. The number of aromatic nitrogens is 4. The normalized spacial score (nSPS) is 19.1. The summed E-state index contributed by atoms with van der Waals surface area (Å²) >= 11 is 1.57. The van der Waals surface area contributed by atoms with Gasteiger partial charge in [-0.05, 0) is 124 Å². The van der Waals surface area contributed by atoms with Crippen molar-refractivity contribution in [2.75, 3.05) is 80.6 Å². The van der Waals surface area contributed by atoms with Gasteiger partial charge in [-0.3, -0.25) is 43.5 Å². The third kappa shape index (κ3) is 18.1. The van der Waals surface area contributed by atoms with Crippen molar-refractivity contribution in [3.63, 3.8) is 0 Å². The minimum Gasteiger partial charge on any atom is -0.507 e. The monoisotopic (exact) mass is 1400 g/mol. The number of rotatable bonds is 28. The number of carboxylic acids is 1. The van der Waals surface area contributed by atoms with E-state index >= 15 is 0 Å². The Kier molecular flexibility index (Phi) is 24.3. The Morgan fingerprint density at radius 1 is 0.870 bits per heavy atom. The predicted molar refractivity (Wildman–Crippen MR) is 370 cm³/mol. The topological polar surface area (TPSA) is 409 Å². The molecule has 8 atom stereocenters. The summed E-state index contributed by atoms with van der Waals surface area (Å²) in [7, 11) is 0. The highest BCUT2D eigenvalue weighted by Gasteiger charge is 2.47. The van der Waals surface area contributed by atoms with Crippen LogP contribution in [0.4, 0.5) is 26.8 Å². The lowest BCUT2D eigenvalue weighted by atomic mass is 9.91. The molecule has 3 fully saturated rings. The smallest absolute Gasteiger partial charge is 0.416 e. The van der Waals surface area contributed by atoms with Gasteiger partial charge in [-0.15, -0.1) is 21.5 Å². The van der Waals surface area contributed by atoms with Crippen LogP contribution in [0.15, 0.2) is 95.0 Å². The first kappa shape index (κ1) is 72.9. The maximum absolute atomic E-state index is 14.5. The average Bonchev–Trinajstić information content (AvgIpc) is 0.926. The van der Waals surface area contributed by atoms with Gasteiger partial charge in [0, 0.05) is 75.5 Å². The Morgan fingerprint density at radius 2 is 1.62 bits per heavy atom. The summed E-state index contributed by atoms with van der Waals surface area (Å²) in [6.07, 6.45) is 0.164. The lowest BCUT2D eigenvalue weighted by Crippen LogP contribution is -2.66. The summed E-state index contributed by atoms with van der Waals surface area (Å²) in [6, 6.07) is 20.1. The number of carboxylic acid groups (broad SMARTS) is 1. The van der Waals surface area contributed by atoms with Crippen LogP contribution in [0.1, 0.15) is 107 Å². The van der Waals surface area contributed by atoms with Gasteiger partial charge in [-0.2, -0.15) is 0 Å². The fraction of sp³-hybridized carbons (Fsp3) is 0.478. The van der Waals surface area contributed by atoms with Crippen molar-refractivity contribution in [2.45, 2.75) is 140 Å². The predicted octanol–water partition coefficient (Wildman–Crippen LogP) is 4.61. The lowest BCUT2D eigenvalue weighted by molar-refractivity contribution is -0.141. The SMILES string of the molecule is Cc1ncsc1-c1ccc([C@H](C)NC(=O)[C@@H]2C[C@@H](O)CN2C(=O)[C@@H](c2cc(OCCN3CCC(N4CCN5c6cc(-c7ccccc7O)nnc6N(C(=O)OCc6ccc(NC(=O)[C@H](CCCNC(N)=O)NC(=O)CNC(=O)[C@@H](N)CCC(=O)O)cc6)[C@@H](C)[C@@H]5C4)CC3)no2)C(C)C)cc1. The number of aliphatic hydroxyl groups excluding tert-OH is 1. The maximum Gasteiger partial charge on any atom is 0.416 e. The summed E-state index contributed by atoms with van der Waals surface area (Å²) in [5.74, 6) is -4.03. The van der Waals surface area contributed by atoms with Crippen molar-refractivity contribution >= 4 is 76.2 Å². The molecule has 4 aliphatic heterocycles. The standard InChI is InChI=1S/C69H88N16O14S/c1-39(2)61(67(94)84-35-48(86)31-54(84)66(93)75-40(3)44-14-16-45(17-15-44)62-41(4)74-38-100-62)57-33-59(80-99-57)97-30-29-81-25-22-47(23-26-81)82-27-28-83-53-32-52(49-9-6-7-11-56(49)87)78-79-63(53)85(42(5)55(83)36-82)69(96)98-37-43-12-18-46(19-13-43)76-65(92)51(10-8-24-72-68(71)95)77-58(88)34-73-64(91)50(70)20-21-60(89)90/h6-7,9,11-19,32-33,38-40,42,47-48,50-51,54-55,61,86-87H,8,10,20-31,34-37,70H2,1-5H3,(H,73,91)(H,75,93)(H,76,92)(H,77,88)(H,89,90)(H3,71,72,95)/t40-,42-,48+,50-,51-,54-,55-,61+/m0/s1. The van der Waals surface area contributed by atoms with Gasteiger partial charge in [0.05, 0.1) is 64.3 Å². The summed E-state index contributed by atoms with van der Waals surface area (Å²) in [5.41, 5.74) is 18.2. The van der Waals surface area contributed by atoms with Crippen LogP contribution in [0.5, 0.6) is 11.6 Å². The molecule has 7 heterocycles. The number of piperazine rings is 1. The minimum atomic E-state index is -1.17. The molecule has 3 aromatic carbocycles. The highest BCUT2D eigenvalue weighted by Crippen LogP contribution is 2.42. The molecule has 100 heavy (non-hydrogen) atoms. The summed E-state index contributed by atoms with van der Waals surface area (Å²) < 4.78 is 17.9. The summed E-state index contributed by atoms with van der Waals surface area (Å²) in [5, 5.41) is 57.1. The number of phenols is 1. The van der Waals surface area contributed by atoms with Crippen molar-refractivity contribution in [1.29, 1.82) is 0 Å². The zero-order chi connectivity index (χ0) is 71.3. The van der Waals surface area contributed by atoms with Crippen molar-refractivity contribution < 1.29 is 67.7 Å². The number of nitrogens with one attached hydrogen (secondary N) is 5. The summed E-state index contributed by atoms with van der Waals surface area (Å²) in [4.78, 5) is 119. The fourth-order valence-corrected chi connectivity index (χ4v) is 14.1. The second-order valence-electron chi connectivity index (χ2n) is 26.1. The molecule has 0 unspecified atom stereocenters. The number of β-amino-alcohol motifs (C(OH)–C–C–N with tert-alkyl or cyclic N) is 1. The number of aliphatic hydroxyl groups is 1. The number of aliphatic carboxylic acids is 1. The van der Waals surface area contributed by atoms with Crippen LogP contribution in [0.2, 0.25) is 0 Å². The van der Waals surface area contributed by atoms with E-state index in [4.69, 9.17) is 30.6 Å². The first-order chi connectivity index (χ1) is 48.0. The number of nitrogens with zero attached hydrogens (tertiary/aromatic N) is 9. The van der Waals surface area contributed by atoms with Gasteiger partial charge in [0.1, 0.15) is 37.0 Å². The van der Waals surface area contributed by atoms with Crippen LogP contribution in [0.3, 0.4) is 0 Å². The largest absolute Gasteiger partial charge is 0.507 e. The number of carbonyl (C=O) groups is 8. The molecular formula is C69H88N16O14S. The van der Waals surface area contributed by atoms with E-state index in [9.17, 15) is 48.6 Å². The second-order valence-corrected chi connectivity index (χ2v) is 27.0. The van der Waals surface area contributed by atoms with E-state index in [1.54, 1.807) is 65.9 Å². The number of nitrogens with two attached hydrogens (primary N) is 2. The third-order valence-electron chi connectivity index (χ3n) is 18.8. The number of para-hydroxylation sites is 1. The number of ether oxygens (including phenoxy) is 2. The van der Waals surface area contributed by atoms with E-state index in [-0.39, 0.29) is 99.3 Å². The van der Waals surface area contributed by atoms with Crippen LogP contribution in [0.25, 0.3) is 21.7 Å². The highest BCUT2D eigenvalue weighted by atomic mass is 32.1. The van der Waals surface area contributed by atoms with Crippen LogP contribution in [-0.4, -0.2) is 206 Å². The summed E-state index contributed by atoms with van der Waals surface area (Å²) in [6.45, 7) is 13.6. The van der Waals surface area contributed by atoms with Crippen LogP contribution < -0.4 is 52.6 Å². The van der Waals surface area contributed by atoms with E-state index < -0.39 is 78.5 Å². The highest BCUT2D eigenvalue weighted by molar-refractivity contribution is 7.13. The molecular weight excluding hydrogens is 1310 g/mol.